The van der Waals surface area contributed by atoms with Crippen LogP contribution in [0.25, 0.3) is 0 Å². The largest absolute Gasteiger partial charge is 0.390 e. The van der Waals surface area contributed by atoms with E-state index in [1.807, 2.05) is 0 Å². The molecule has 2 N–H and O–H groups in total. The number of nitrogens with one attached hydrogen (secondary N) is 1. The van der Waals surface area contributed by atoms with Gasteiger partial charge in [-0.25, -0.2) is 21.9 Å². The first-order valence-corrected chi connectivity index (χ1v) is 7.88. The summed E-state index contributed by atoms with van der Waals surface area (Å²) < 4.78 is 52.5. The van der Waals surface area contributed by atoms with Crippen LogP contribution < -0.4 is 4.72 Å². The van der Waals surface area contributed by atoms with Crippen molar-refractivity contribution in [3.63, 3.8) is 0 Å². The molecule has 0 aliphatic heterocycles. The summed E-state index contributed by atoms with van der Waals surface area (Å²) in [5.41, 5.74) is -0.760. The minimum absolute atomic E-state index is 0.297. The molecule has 7 heteroatoms. The summed E-state index contributed by atoms with van der Waals surface area (Å²) in [7, 11) is -3.87. The van der Waals surface area contributed by atoms with Gasteiger partial charge in [0.1, 0.15) is 0 Å². The van der Waals surface area contributed by atoms with Crippen molar-refractivity contribution < 1.29 is 22.3 Å². The Labute approximate surface area is 116 Å². The van der Waals surface area contributed by atoms with E-state index >= 15 is 0 Å². The highest BCUT2D eigenvalue weighted by Crippen LogP contribution is 2.28. The topological polar surface area (TPSA) is 66.4 Å². The van der Waals surface area contributed by atoms with E-state index in [0.717, 1.165) is 12.1 Å². The Morgan fingerprint density at radius 2 is 1.85 bits per heavy atom. The van der Waals surface area contributed by atoms with Crippen molar-refractivity contribution in [3.8, 4) is 0 Å². The zero-order chi connectivity index (χ0) is 15.0. The molecule has 0 atom stereocenters. The molecule has 0 heterocycles. The highest BCUT2D eigenvalue weighted by molar-refractivity contribution is 7.89. The average molecular weight is 305 g/mol. The molecule has 1 aromatic rings. The first-order chi connectivity index (χ1) is 9.20. The summed E-state index contributed by atoms with van der Waals surface area (Å²) in [6.45, 7) is 1.72. The lowest BCUT2D eigenvalue weighted by Gasteiger charge is -2.33. The normalized spacial score (nSPS) is 27.5. The van der Waals surface area contributed by atoms with E-state index in [1.54, 1.807) is 6.92 Å². The molecule has 1 saturated carbocycles. The number of hydrogen-bond acceptors (Lipinski definition) is 3. The maximum absolute atomic E-state index is 13.1. The lowest BCUT2D eigenvalue weighted by Crippen LogP contribution is -2.42. The quantitative estimate of drug-likeness (QED) is 0.897. The van der Waals surface area contributed by atoms with Crippen LogP contribution in [0.2, 0.25) is 0 Å². The van der Waals surface area contributed by atoms with Gasteiger partial charge in [-0.3, -0.25) is 0 Å². The molecule has 0 radical (unpaired) electrons. The fraction of sp³-hybridized carbons (Fsp3) is 0.538. The van der Waals surface area contributed by atoms with Crippen LogP contribution in [0, 0.1) is 11.6 Å². The zero-order valence-corrected chi connectivity index (χ0v) is 11.9. The van der Waals surface area contributed by atoms with Crippen molar-refractivity contribution in [2.45, 2.75) is 49.1 Å². The van der Waals surface area contributed by atoms with Crippen molar-refractivity contribution in [2.75, 3.05) is 0 Å². The summed E-state index contributed by atoms with van der Waals surface area (Å²) >= 11 is 0. The summed E-state index contributed by atoms with van der Waals surface area (Å²) in [6.07, 6.45) is 2.02. The minimum atomic E-state index is -3.87. The second kappa shape index (κ2) is 5.38. The van der Waals surface area contributed by atoms with Crippen LogP contribution >= 0.6 is 0 Å². The molecule has 0 aromatic heterocycles. The third-order valence-corrected chi connectivity index (χ3v) is 5.10. The molecule has 4 nitrogen and oxygen atoms in total. The standard InChI is InChI=1S/C13H17F2NO3S/c1-13(17)6-4-9(5-7-13)16-20(18,19)10-2-3-11(14)12(15)8-10/h2-3,8-9,16-17H,4-7H2,1H3/t9-,13+. The Morgan fingerprint density at radius 3 is 2.40 bits per heavy atom. The number of halogens is 2. The van der Waals surface area contributed by atoms with Crippen LogP contribution in [0.3, 0.4) is 0 Å². The van der Waals surface area contributed by atoms with E-state index in [-0.39, 0.29) is 10.9 Å². The van der Waals surface area contributed by atoms with Gasteiger partial charge in [0, 0.05) is 6.04 Å². The summed E-state index contributed by atoms with van der Waals surface area (Å²) in [4.78, 5) is -0.297. The predicted molar refractivity (Wildman–Crippen MR) is 69.6 cm³/mol. The summed E-state index contributed by atoms with van der Waals surface area (Å²) in [5, 5.41) is 9.81. The Balaban J connectivity index is 2.10. The highest BCUT2D eigenvalue weighted by Gasteiger charge is 2.31. The number of rotatable bonds is 3. The molecule has 112 valence electrons. The van der Waals surface area contributed by atoms with Gasteiger partial charge < -0.3 is 5.11 Å². The molecule has 0 bridgehead atoms. The minimum Gasteiger partial charge on any atom is -0.390 e. The molecule has 0 unspecified atom stereocenters. The number of benzene rings is 1. The molecule has 1 aromatic carbocycles. The van der Waals surface area contributed by atoms with Crippen LogP contribution in [0.4, 0.5) is 8.78 Å². The fourth-order valence-electron chi connectivity index (χ4n) is 2.29. The second-order valence-corrected chi connectivity index (χ2v) is 7.18. The summed E-state index contributed by atoms with van der Waals surface area (Å²) in [6, 6.07) is 2.18. The molecule has 1 fully saturated rings. The van der Waals surface area contributed by atoms with Crippen LogP contribution in [-0.4, -0.2) is 25.2 Å². The highest BCUT2D eigenvalue weighted by atomic mass is 32.2. The lowest BCUT2D eigenvalue weighted by molar-refractivity contribution is 0.0163. The van der Waals surface area contributed by atoms with Gasteiger partial charge in [-0.05, 0) is 50.8 Å². The third kappa shape index (κ3) is 3.53. The van der Waals surface area contributed by atoms with Gasteiger partial charge in [-0.2, -0.15) is 0 Å². The first-order valence-electron chi connectivity index (χ1n) is 6.39. The first kappa shape index (κ1) is 15.3. The van der Waals surface area contributed by atoms with E-state index in [2.05, 4.69) is 4.72 Å². The van der Waals surface area contributed by atoms with Crippen LogP contribution in [0.1, 0.15) is 32.6 Å². The molecule has 0 spiro atoms. The Hall–Kier alpha value is -1.05. The number of aliphatic hydroxyl groups is 1. The van der Waals surface area contributed by atoms with Crippen molar-refractivity contribution in [1.29, 1.82) is 0 Å². The molecule has 20 heavy (non-hydrogen) atoms. The second-order valence-electron chi connectivity index (χ2n) is 5.47. The number of hydrogen-bond donors (Lipinski definition) is 2. The van der Waals surface area contributed by atoms with Crippen molar-refractivity contribution >= 4 is 10.0 Å². The number of sulfonamides is 1. The molecular weight excluding hydrogens is 288 g/mol. The SMILES string of the molecule is C[C@]1(O)CC[C@@H](NS(=O)(=O)c2ccc(F)c(F)c2)CC1. The van der Waals surface area contributed by atoms with Gasteiger partial charge in [0.25, 0.3) is 0 Å². The van der Waals surface area contributed by atoms with E-state index in [1.165, 1.54) is 0 Å². The zero-order valence-electron chi connectivity index (χ0n) is 11.1. The van der Waals surface area contributed by atoms with Gasteiger partial charge >= 0.3 is 0 Å². The molecule has 1 aliphatic carbocycles. The Bertz CT molecular complexity index is 592. The molecule has 2 rings (SSSR count). The van der Waals surface area contributed by atoms with Crippen LogP contribution in [0.5, 0.6) is 0 Å². The Morgan fingerprint density at radius 1 is 1.25 bits per heavy atom. The summed E-state index contributed by atoms with van der Waals surface area (Å²) in [5.74, 6) is -2.28. The van der Waals surface area contributed by atoms with E-state index < -0.39 is 27.3 Å². The smallest absolute Gasteiger partial charge is 0.240 e. The van der Waals surface area contributed by atoms with Gasteiger partial charge in [-0.15, -0.1) is 0 Å². The van der Waals surface area contributed by atoms with E-state index in [9.17, 15) is 22.3 Å². The Kier molecular flexibility index (Phi) is 4.13. The van der Waals surface area contributed by atoms with Crippen LogP contribution in [-0.2, 0) is 10.0 Å². The van der Waals surface area contributed by atoms with Crippen LogP contribution in [0.15, 0.2) is 23.1 Å². The predicted octanol–water partition coefficient (Wildman–Crippen LogP) is 1.94. The van der Waals surface area contributed by atoms with Gasteiger partial charge in [0.15, 0.2) is 11.6 Å². The average Bonchev–Trinajstić information content (AvgIpc) is 2.35. The molecule has 0 amide bonds. The lowest BCUT2D eigenvalue weighted by atomic mass is 9.84. The van der Waals surface area contributed by atoms with Crippen molar-refractivity contribution in [3.05, 3.63) is 29.8 Å². The third-order valence-electron chi connectivity index (χ3n) is 3.59. The fourth-order valence-corrected chi connectivity index (χ4v) is 3.61. The molecule has 0 saturated heterocycles. The van der Waals surface area contributed by atoms with E-state index in [0.29, 0.717) is 31.7 Å². The van der Waals surface area contributed by atoms with Crippen molar-refractivity contribution in [2.24, 2.45) is 0 Å². The van der Waals surface area contributed by atoms with Gasteiger partial charge in [-0.1, -0.05) is 0 Å². The van der Waals surface area contributed by atoms with Crippen molar-refractivity contribution in [1.82, 2.24) is 4.72 Å². The molecular formula is C13H17F2NO3S. The monoisotopic (exact) mass is 305 g/mol. The maximum Gasteiger partial charge on any atom is 0.240 e. The van der Waals surface area contributed by atoms with Gasteiger partial charge in [0.2, 0.25) is 10.0 Å². The van der Waals surface area contributed by atoms with E-state index in [4.69, 9.17) is 0 Å². The maximum atomic E-state index is 13.1. The molecule has 1 aliphatic rings. The van der Waals surface area contributed by atoms with Gasteiger partial charge in [0.05, 0.1) is 10.5 Å².